The van der Waals surface area contributed by atoms with Crippen LogP contribution in [0.1, 0.15) is 20.8 Å². The van der Waals surface area contributed by atoms with E-state index in [0.717, 1.165) is 0 Å². The number of nitrogens with one attached hydrogen (secondary N) is 1. The highest BCUT2D eigenvalue weighted by molar-refractivity contribution is 7.91. The van der Waals surface area contributed by atoms with E-state index in [2.05, 4.69) is 38.8 Å². The fraction of sp³-hybridized carbons (Fsp3) is 0.500. The molecule has 0 radical (unpaired) electrons. The minimum Gasteiger partial charge on any atom is -0.495 e. The fourth-order valence-electron chi connectivity index (χ4n) is 2.03. The molecule has 23 heavy (non-hydrogen) atoms. The van der Waals surface area contributed by atoms with E-state index < -0.39 is 18.2 Å². The van der Waals surface area contributed by atoms with Gasteiger partial charge in [-0.15, -0.1) is 0 Å². The van der Waals surface area contributed by atoms with E-state index in [-0.39, 0.29) is 28.2 Å². The zero-order valence-electron chi connectivity index (χ0n) is 14.3. The van der Waals surface area contributed by atoms with E-state index in [4.69, 9.17) is 4.43 Å². The minimum atomic E-state index is -3.41. The second kappa shape index (κ2) is 5.96. The zero-order chi connectivity index (χ0) is 17.5. The average molecular weight is 356 g/mol. The lowest BCUT2D eigenvalue weighted by Gasteiger charge is -2.36. The number of aromatic hydroxyl groups is 1. The number of benzene rings is 1. The highest BCUT2D eigenvalue weighted by Crippen LogP contribution is 2.36. The molecule has 2 aromatic rings. The largest absolute Gasteiger partial charge is 0.495 e. The number of aromatic amines is 1. The summed E-state index contributed by atoms with van der Waals surface area (Å²) in [5.74, 6) is -0.0164. The van der Waals surface area contributed by atoms with Crippen LogP contribution in [-0.2, 0) is 14.3 Å². The van der Waals surface area contributed by atoms with Crippen LogP contribution in [0.4, 0.5) is 0 Å². The molecule has 0 aliphatic carbocycles. The molecule has 0 aliphatic rings. The van der Waals surface area contributed by atoms with Crippen molar-refractivity contribution in [2.45, 2.75) is 43.8 Å². The van der Waals surface area contributed by atoms with Crippen LogP contribution >= 0.6 is 0 Å². The Morgan fingerprint density at radius 1 is 1.22 bits per heavy atom. The maximum Gasteiger partial charge on any atom is 0.192 e. The predicted octanol–water partition coefficient (Wildman–Crippen LogP) is 3.67. The fourth-order valence-corrected chi connectivity index (χ4v) is 4.34. The first kappa shape index (κ1) is 18.0. The Labute approximate surface area is 138 Å². The third-order valence-corrected chi connectivity index (χ3v) is 10.8. The van der Waals surface area contributed by atoms with E-state index >= 15 is 0 Å². The first-order valence-electron chi connectivity index (χ1n) is 7.61. The van der Waals surface area contributed by atoms with Crippen LogP contribution in [0.2, 0.25) is 18.1 Å². The number of fused-ring (bicyclic) bond motifs is 1. The summed E-state index contributed by atoms with van der Waals surface area (Å²) in [5, 5.41) is 10.2. The quantitative estimate of drug-likeness (QED) is 0.802. The van der Waals surface area contributed by atoms with Gasteiger partial charge in [-0.1, -0.05) is 20.8 Å². The summed E-state index contributed by atoms with van der Waals surface area (Å²) in [4.78, 5) is 3.01. The van der Waals surface area contributed by atoms with Gasteiger partial charge in [0, 0.05) is 23.6 Å². The number of hydrogen-bond donors (Lipinski definition) is 2. The lowest BCUT2D eigenvalue weighted by Crippen LogP contribution is -2.41. The van der Waals surface area contributed by atoms with E-state index in [9.17, 15) is 13.5 Å². The molecular weight excluding hydrogens is 330 g/mol. The molecule has 128 valence electrons. The number of hydrogen-bond acceptors (Lipinski definition) is 4. The highest BCUT2D eigenvalue weighted by Gasteiger charge is 2.37. The maximum absolute atomic E-state index is 12.5. The van der Waals surface area contributed by atoms with Crippen LogP contribution in [-0.4, -0.2) is 39.2 Å². The molecule has 0 fully saturated rings. The first-order valence-corrected chi connectivity index (χ1v) is 12.2. The Morgan fingerprint density at radius 2 is 1.87 bits per heavy atom. The standard InChI is InChI=1S/C16H25NO4SSi/c1-16(2,3)23(4,5)21-8-9-22(19,20)13-6-7-14-12(10-13)11-15(18)17-14/h6-7,10-11,17-18H,8-9H2,1-5H3. The molecule has 5 nitrogen and oxygen atoms in total. The van der Waals surface area contributed by atoms with Gasteiger partial charge in [0.2, 0.25) is 0 Å². The molecule has 0 spiro atoms. The van der Waals surface area contributed by atoms with Crippen molar-refractivity contribution in [2.75, 3.05) is 12.4 Å². The molecule has 0 atom stereocenters. The van der Waals surface area contributed by atoms with Gasteiger partial charge in [-0.2, -0.15) is 0 Å². The summed E-state index contributed by atoms with van der Waals surface area (Å²) in [6.07, 6.45) is 0. The summed E-state index contributed by atoms with van der Waals surface area (Å²) < 4.78 is 30.9. The molecule has 0 aliphatic heterocycles. The van der Waals surface area contributed by atoms with Gasteiger partial charge < -0.3 is 14.5 Å². The summed E-state index contributed by atoms with van der Waals surface area (Å²) in [5.41, 5.74) is 0.707. The van der Waals surface area contributed by atoms with Crippen molar-refractivity contribution in [3.63, 3.8) is 0 Å². The molecular formula is C16H25NO4SSi. The molecule has 2 rings (SSSR count). The van der Waals surface area contributed by atoms with Gasteiger partial charge in [0.25, 0.3) is 0 Å². The highest BCUT2D eigenvalue weighted by atomic mass is 32.2. The Morgan fingerprint density at radius 3 is 2.48 bits per heavy atom. The minimum absolute atomic E-state index is 0.0239. The van der Waals surface area contributed by atoms with Crippen molar-refractivity contribution in [1.29, 1.82) is 0 Å². The Bertz CT molecular complexity index is 803. The zero-order valence-corrected chi connectivity index (χ0v) is 16.1. The summed E-state index contributed by atoms with van der Waals surface area (Å²) in [6, 6.07) is 6.31. The van der Waals surface area contributed by atoms with Gasteiger partial charge in [-0.05, 0) is 36.3 Å². The molecule has 0 amide bonds. The number of sulfone groups is 1. The van der Waals surface area contributed by atoms with Gasteiger partial charge in [0.1, 0.15) is 0 Å². The summed E-state index contributed by atoms with van der Waals surface area (Å²) in [6.45, 7) is 10.8. The topological polar surface area (TPSA) is 79.4 Å². The second-order valence-corrected chi connectivity index (χ2v) is 14.2. The van der Waals surface area contributed by atoms with Crippen LogP contribution in [0, 0.1) is 0 Å². The van der Waals surface area contributed by atoms with E-state index in [1.165, 1.54) is 6.07 Å². The third-order valence-electron chi connectivity index (χ3n) is 4.56. The van der Waals surface area contributed by atoms with Gasteiger partial charge in [0.15, 0.2) is 24.0 Å². The van der Waals surface area contributed by atoms with Gasteiger partial charge >= 0.3 is 0 Å². The van der Waals surface area contributed by atoms with Crippen molar-refractivity contribution in [3.05, 3.63) is 24.3 Å². The monoisotopic (exact) mass is 355 g/mol. The number of rotatable bonds is 5. The van der Waals surface area contributed by atoms with E-state index in [1.54, 1.807) is 18.2 Å². The first-order chi connectivity index (χ1) is 10.4. The van der Waals surface area contributed by atoms with Gasteiger partial charge in [0.05, 0.1) is 10.6 Å². The van der Waals surface area contributed by atoms with E-state index in [1.807, 2.05) is 0 Å². The molecule has 1 heterocycles. The molecule has 7 heteroatoms. The maximum atomic E-state index is 12.5. The Hall–Kier alpha value is -1.31. The number of H-pyrrole nitrogens is 1. The summed E-state index contributed by atoms with van der Waals surface area (Å²) >= 11 is 0. The molecule has 0 saturated carbocycles. The second-order valence-electron chi connectivity index (χ2n) is 7.33. The summed E-state index contributed by atoms with van der Waals surface area (Å²) in [7, 11) is -5.36. The molecule has 1 aromatic carbocycles. The smallest absolute Gasteiger partial charge is 0.192 e. The van der Waals surface area contributed by atoms with Crippen molar-refractivity contribution in [3.8, 4) is 5.88 Å². The lowest BCUT2D eigenvalue weighted by molar-refractivity contribution is 0.309. The Balaban J connectivity index is 2.12. The van der Waals surface area contributed by atoms with Crippen LogP contribution < -0.4 is 0 Å². The van der Waals surface area contributed by atoms with Gasteiger partial charge in [-0.25, -0.2) is 8.42 Å². The molecule has 0 bridgehead atoms. The van der Waals surface area contributed by atoms with Crippen LogP contribution in [0.25, 0.3) is 10.9 Å². The lowest BCUT2D eigenvalue weighted by atomic mass is 10.2. The predicted molar refractivity (Wildman–Crippen MR) is 95.2 cm³/mol. The van der Waals surface area contributed by atoms with Crippen LogP contribution in [0.5, 0.6) is 5.88 Å². The van der Waals surface area contributed by atoms with Crippen molar-refractivity contribution in [1.82, 2.24) is 4.98 Å². The van der Waals surface area contributed by atoms with Crippen molar-refractivity contribution < 1.29 is 18.0 Å². The van der Waals surface area contributed by atoms with Crippen molar-refractivity contribution in [2.24, 2.45) is 0 Å². The molecule has 0 saturated heterocycles. The van der Waals surface area contributed by atoms with Crippen LogP contribution in [0.15, 0.2) is 29.2 Å². The SMILES string of the molecule is CC(C)(C)[Si](C)(C)OCCS(=O)(=O)c1ccc2[nH]c(O)cc2c1. The van der Waals surface area contributed by atoms with Crippen LogP contribution in [0.3, 0.4) is 0 Å². The average Bonchev–Trinajstić information content (AvgIpc) is 2.75. The Kier molecular flexibility index (Phi) is 4.67. The number of aromatic nitrogens is 1. The van der Waals surface area contributed by atoms with Crippen molar-refractivity contribution >= 4 is 29.1 Å². The molecule has 2 N–H and O–H groups in total. The molecule has 0 unspecified atom stereocenters. The van der Waals surface area contributed by atoms with E-state index in [0.29, 0.717) is 10.9 Å². The molecule has 1 aromatic heterocycles. The normalized spacial score (nSPS) is 13.6. The third kappa shape index (κ3) is 3.96. The van der Waals surface area contributed by atoms with Gasteiger partial charge in [-0.3, -0.25) is 0 Å².